The van der Waals surface area contributed by atoms with E-state index in [4.69, 9.17) is 0 Å². The van der Waals surface area contributed by atoms with Crippen molar-refractivity contribution < 1.29 is 9.72 Å². The molecule has 1 fully saturated rings. The van der Waals surface area contributed by atoms with Crippen LogP contribution >= 0.6 is 0 Å². The second kappa shape index (κ2) is 4.54. The maximum atomic E-state index is 12.1. The van der Waals surface area contributed by atoms with E-state index in [-0.39, 0.29) is 23.5 Å². The lowest BCUT2D eigenvalue weighted by Crippen LogP contribution is -2.52. The molecule has 0 spiro atoms. The molecule has 1 unspecified atom stereocenters. The third-order valence-electron chi connectivity index (χ3n) is 2.86. The Balaban J connectivity index is 2.15. The Kier molecular flexibility index (Phi) is 3.10. The topological polar surface area (TPSA) is 91.3 Å². The largest absolute Gasteiger partial charge is 0.358 e. The first-order valence-electron chi connectivity index (χ1n) is 5.44. The van der Waals surface area contributed by atoms with Crippen LogP contribution in [0.4, 0.5) is 5.82 Å². The normalized spacial score (nSPS) is 20.3. The minimum atomic E-state index is -0.544. The molecule has 7 heteroatoms. The molecule has 0 bridgehead atoms. The number of hydrogen-bond acceptors (Lipinski definition) is 4. The molecule has 2 heterocycles. The standard InChI is InChI=1S/C10H14N4O3/c1-7-6-11-4-5-13(7)10(15)8-2-3-9(12-8)14(16)17/h2-3,7,11-12H,4-6H2,1H3. The van der Waals surface area contributed by atoms with Crippen LogP contribution in [0.25, 0.3) is 0 Å². The Hall–Kier alpha value is -1.89. The van der Waals surface area contributed by atoms with Crippen LogP contribution in [0.5, 0.6) is 0 Å². The number of carbonyl (C=O) groups is 1. The van der Waals surface area contributed by atoms with Gasteiger partial charge in [-0.3, -0.25) is 4.79 Å². The first-order chi connectivity index (χ1) is 8.09. The number of amides is 1. The highest BCUT2D eigenvalue weighted by Gasteiger charge is 2.27. The number of hydrogen-bond donors (Lipinski definition) is 2. The summed E-state index contributed by atoms with van der Waals surface area (Å²) in [7, 11) is 0. The van der Waals surface area contributed by atoms with Gasteiger partial charge in [-0.25, -0.2) is 4.98 Å². The molecule has 1 aromatic rings. The van der Waals surface area contributed by atoms with E-state index in [0.717, 1.165) is 13.1 Å². The fourth-order valence-electron chi connectivity index (χ4n) is 1.91. The van der Waals surface area contributed by atoms with Gasteiger partial charge in [0.15, 0.2) is 5.69 Å². The Morgan fingerprint density at radius 3 is 2.94 bits per heavy atom. The molecule has 92 valence electrons. The minimum absolute atomic E-state index is 0.0959. The first-order valence-corrected chi connectivity index (χ1v) is 5.44. The summed E-state index contributed by atoms with van der Waals surface area (Å²) in [5.74, 6) is -0.344. The number of H-pyrrole nitrogens is 1. The van der Waals surface area contributed by atoms with Crippen molar-refractivity contribution >= 4 is 11.7 Å². The summed E-state index contributed by atoms with van der Waals surface area (Å²) in [6, 6.07) is 2.86. The van der Waals surface area contributed by atoms with Gasteiger partial charge in [-0.05, 0) is 17.9 Å². The zero-order chi connectivity index (χ0) is 12.4. The van der Waals surface area contributed by atoms with Gasteiger partial charge in [-0.15, -0.1) is 0 Å². The highest BCUT2D eigenvalue weighted by Crippen LogP contribution is 2.14. The molecule has 1 aromatic heterocycles. The number of aromatic nitrogens is 1. The Bertz CT molecular complexity index is 443. The van der Waals surface area contributed by atoms with Crippen molar-refractivity contribution in [3.8, 4) is 0 Å². The van der Waals surface area contributed by atoms with Gasteiger partial charge >= 0.3 is 5.82 Å². The van der Waals surface area contributed by atoms with Crippen LogP contribution in [0.2, 0.25) is 0 Å². The monoisotopic (exact) mass is 238 g/mol. The van der Waals surface area contributed by atoms with Crippen molar-refractivity contribution in [1.82, 2.24) is 15.2 Å². The average Bonchev–Trinajstić information content (AvgIpc) is 2.78. The summed E-state index contributed by atoms with van der Waals surface area (Å²) in [5, 5.41) is 13.7. The fraction of sp³-hybridized carbons (Fsp3) is 0.500. The van der Waals surface area contributed by atoms with Gasteiger partial charge in [0.1, 0.15) is 0 Å². The number of nitro groups is 1. The zero-order valence-corrected chi connectivity index (χ0v) is 9.47. The van der Waals surface area contributed by atoms with Crippen molar-refractivity contribution in [3.05, 3.63) is 27.9 Å². The van der Waals surface area contributed by atoms with E-state index in [2.05, 4.69) is 10.3 Å². The summed E-state index contributed by atoms with van der Waals surface area (Å²) < 4.78 is 0. The van der Waals surface area contributed by atoms with Crippen molar-refractivity contribution in [1.29, 1.82) is 0 Å². The highest BCUT2D eigenvalue weighted by atomic mass is 16.6. The third kappa shape index (κ3) is 2.28. The summed E-state index contributed by atoms with van der Waals surface area (Å²) in [4.78, 5) is 26.3. The van der Waals surface area contributed by atoms with Gasteiger partial charge in [0.05, 0.1) is 0 Å². The van der Waals surface area contributed by atoms with Crippen LogP contribution < -0.4 is 5.32 Å². The van der Waals surface area contributed by atoms with Crippen LogP contribution in [0.3, 0.4) is 0 Å². The second-order valence-corrected chi connectivity index (χ2v) is 4.07. The molecule has 1 aliphatic heterocycles. The molecule has 7 nitrogen and oxygen atoms in total. The van der Waals surface area contributed by atoms with Crippen molar-refractivity contribution in [3.63, 3.8) is 0 Å². The lowest BCUT2D eigenvalue weighted by atomic mass is 10.2. The number of carbonyl (C=O) groups excluding carboxylic acids is 1. The molecule has 0 aromatic carbocycles. The van der Waals surface area contributed by atoms with Crippen LogP contribution in [0.15, 0.2) is 12.1 Å². The maximum absolute atomic E-state index is 12.1. The smallest absolute Gasteiger partial charge is 0.321 e. The molecule has 0 radical (unpaired) electrons. The molecule has 2 rings (SSSR count). The van der Waals surface area contributed by atoms with Gasteiger partial charge < -0.3 is 20.3 Å². The molecular formula is C10H14N4O3. The Labute approximate surface area is 97.9 Å². The van der Waals surface area contributed by atoms with Gasteiger partial charge in [-0.2, -0.15) is 0 Å². The molecule has 1 aliphatic rings. The van der Waals surface area contributed by atoms with E-state index in [1.807, 2.05) is 6.92 Å². The minimum Gasteiger partial charge on any atom is -0.358 e. The lowest BCUT2D eigenvalue weighted by molar-refractivity contribution is -0.389. The van der Waals surface area contributed by atoms with Crippen LogP contribution in [0, 0.1) is 10.1 Å². The average molecular weight is 238 g/mol. The van der Waals surface area contributed by atoms with Gasteiger partial charge in [0.2, 0.25) is 0 Å². The van der Waals surface area contributed by atoms with Crippen molar-refractivity contribution in [2.24, 2.45) is 0 Å². The van der Waals surface area contributed by atoms with E-state index >= 15 is 0 Å². The molecule has 0 saturated carbocycles. The van der Waals surface area contributed by atoms with Gasteiger partial charge in [-0.1, -0.05) is 0 Å². The van der Waals surface area contributed by atoms with E-state index in [0.29, 0.717) is 6.54 Å². The van der Waals surface area contributed by atoms with Crippen molar-refractivity contribution in [2.45, 2.75) is 13.0 Å². The summed E-state index contributed by atoms with van der Waals surface area (Å²) in [6.07, 6.45) is 0. The molecule has 0 aliphatic carbocycles. The van der Waals surface area contributed by atoms with E-state index in [9.17, 15) is 14.9 Å². The van der Waals surface area contributed by atoms with Gasteiger partial charge in [0.25, 0.3) is 5.91 Å². The number of aromatic amines is 1. The van der Waals surface area contributed by atoms with Crippen LogP contribution in [-0.4, -0.2) is 46.4 Å². The molecular weight excluding hydrogens is 224 g/mol. The third-order valence-corrected chi connectivity index (χ3v) is 2.86. The fourth-order valence-corrected chi connectivity index (χ4v) is 1.91. The SMILES string of the molecule is CC1CNCCN1C(=O)c1ccc([N+](=O)[O-])[nH]1. The summed E-state index contributed by atoms with van der Waals surface area (Å²) in [5.41, 5.74) is 0.269. The second-order valence-electron chi connectivity index (χ2n) is 4.07. The van der Waals surface area contributed by atoms with E-state index in [1.165, 1.54) is 12.1 Å². The molecule has 1 saturated heterocycles. The number of piperazine rings is 1. The first kappa shape index (κ1) is 11.6. The summed E-state index contributed by atoms with van der Waals surface area (Å²) >= 11 is 0. The van der Waals surface area contributed by atoms with Crippen LogP contribution in [0.1, 0.15) is 17.4 Å². The quantitative estimate of drug-likeness (QED) is 0.574. The lowest BCUT2D eigenvalue weighted by Gasteiger charge is -2.33. The van der Waals surface area contributed by atoms with E-state index < -0.39 is 4.92 Å². The number of nitrogens with one attached hydrogen (secondary N) is 2. The van der Waals surface area contributed by atoms with Crippen molar-refractivity contribution in [2.75, 3.05) is 19.6 Å². The van der Waals surface area contributed by atoms with Gasteiger partial charge in [0, 0.05) is 31.7 Å². The Morgan fingerprint density at radius 1 is 1.59 bits per heavy atom. The molecule has 1 amide bonds. The zero-order valence-electron chi connectivity index (χ0n) is 9.47. The molecule has 1 atom stereocenters. The number of nitrogens with zero attached hydrogens (tertiary/aromatic N) is 2. The van der Waals surface area contributed by atoms with E-state index in [1.54, 1.807) is 4.90 Å². The predicted octanol–water partition coefficient (Wildman–Crippen LogP) is 0.357. The maximum Gasteiger partial charge on any atom is 0.321 e. The summed E-state index contributed by atoms with van der Waals surface area (Å²) in [6.45, 7) is 4.06. The highest BCUT2D eigenvalue weighted by molar-refractivity contribution is 5.93. The molecule has 2 N–H and O–H groups in total. The molecule has 17 heavy (non-hydrogen) atoms. The number of rotatable bonds is 2. The predicted molar refractivity (Wildman–Crippen MR) is 60.8 cm³/mol. The van der Waals surface area contributed by atoms with Crippen LogP contribution in [-0.2, 0) is 0 Å². The Morgan fingerprint density at radius 2 is 2.35 bits per heavy atom.